The first-order chi connectivity index (χ1) is 11.8. The molecular weight excluding hydrogens is 353 g/mol. The summed E-state index contributed by atoms with van der Waals surface area (Å²) in [6.45, 7) is 1.92. The summed E-state index contributed by atoms with van der Waals surface area (Å²) in [6, 6.07) is 6.18. The van der Waals surface area contributed by atoms with Gasteiger partial charge in [-0.3, -0.25) is 15.0 Å². The van der Waals surface area contributed by atoms with Gasteiger partial charge >= 0.3 is 6.03 Å². The lowest BCUT2D eigenvalue weighted by Gasteiger charge is -2.18. The van der Waals surface area contributed by atoms with Crippen LogP contribution in [0.4, 0.5) is 23.7 Å². The van der Waals surface area contributed by atoms with Crippen LogP contribution in [-0.2, 0) is 0 Å². The normalized spacial score (nSPS) is 10.4. The van der Waals surface area contributed by atoms with Crippen molar-refractivity contribution in [2.75, 3.05) is 17.7 Å². The molecule has 0 saturated carbocycles. The van der Waals surface area contributed by atoms with Gasteiger partial charge in [0.1, 0.15) is 23.0 Å². The van der Waals surface area contributed by atoms with Crippen LogP contribution in [0.2, 0.25) is 0 Å². The molecule has 2 rings (SSSR count). The largest absolute Gasteiger partial charge is 0.328 e. The summed E-state index contributed by atoms with van der Waals surface area (Å²) in [4.78, 5) is 25.6. The Morgan fingerprint density at radius 3 is 2.28 bits per heavy atom. The third-order valence-electron chi connectivity index (χ3n) is 3.31. The molecule has 0 saturated heterocycles. The van der Waals surface area contributed by atoms with Gasteiger partial charge in [0.05, 0.1) is 5.69 Å². The van der Waals surface area contributed by atoms with E-state index in [1.807, 2.05) is 12.2 Å². The fraction of sp³-hybridized carbons (Fsp3) is 0.176. The third kappa shape index (κ3) is 4.33. The Labute approximate surface area is 147 Å². The minimum absolute atomic E-state index is 0.0697. The molecule has 25 heavy (non-hydrogen) atoms. The topological polar surface area (TPSA) is 49.4 Å². The summed E-state index contributed by atoms with van der Waals surface area (Å²) in [7, 11) is 1.24. The number of benzene rings is 2. The smallest absolute Gasteiger partial charge is 0.294 e. The molecule has 0 aromatic heterocycles. The van der Waals surface area contributed by atoms with Crippen molar-refractivity contribution in [3.05, 3.63) is 59.4 Å². The van der Waals surface area contributed by atoms with Crippen molar-refractivity contribution >= 4 is 29.4 Å². The van der Waals surface area contributed by atoms with Crippen molar-refractivity contribution in [2.45, 2.75) is 11.8 Å². The first-order valence-corrected chi connectivity index (χ1v) is 8.29. The molecule has 0 fully saturated rings. The third-order valence-corrected chi connectivity index (χ3v) is 4.18. The van der Waals surface area contributed by atoms with Gasteiger partial charge in [-0.15, -0.1) is 11.8 Å². The Balaban J connectivity index is 2.16. The minimum Gasteiger partial charge on any atom is -0.294 e. The summed E-state index contributed by atoms with van der Waals surface area (Å²) in [5, 5.41) is 1.84. The van der Waals surface area contributed by atoms with Crippen LogP contribution in [0.25, 0.3) is 0 Å². The second kappa shape index (κ2) is 8.06. The summed E-state index contributed by atoms with van der Waals surface area (Å²) in [5.74, 6) is -3.33. The summed E-state index contributed by atoms with van der Waals surface area (Å²) in [6.07, 6.45) is 0. The highest BCUT2D eigenvalue weighted by Crippen LogP contribution is 2.25. The van der Waals surface area contributed by atoms with Crippen LogP contribution < -0.4 is 10.2 Å². The second-order valence-electron chi connectivity index (χ2n) is 4.96. The molecule has 0 heterocycles. The molecule has 3 amide bonds. The van der Waals surface area contributed by atoms with E-state index in [4.69, 9.17) is 0 Å². The zero-order valence-electron chi connectivity index (χ0n) is 13.5. The van der Waals surface area contributed by atoms with Gasteiger partial charge in [0.15, 0.2) is 0 Å². The zero-order chi connectivity index (χ0) is 18.6. The Morgan fingerprint density at radius 1 is 1.08 bits per heavy atom. The van der Waals surface area contributed by atoms with Crippen LogP contribution in [0.3, 0.4) is 0 Å². The van der Waals surface area contributed by atoms with Crippen molar-refractivity contribution in [1.29, 1.82) is 0 Å². The van der Waals surface area contributed by atoms with Crippen LogP contribution in [0.1, 0.15) is 17.3 Å². The zero-order valence-corrected chi connectivity index (χ0v) is 14.3. The molecule has 0 bridgehead atoms. The molecule has 0 atom stereocenters. The Kier molecular flexibility index (Phi) is 6.08. The number of carbonyl (C=O) groups excluding carboxylic acids is 2. The molecule has 0 aliphatic heterocycles. The molecule has 8 heteroatoms. The van der Waals surface area contributed by atoms with Gasteiger partial charge in [0, 0.05) is 11.9 Å². The predicted molar refractivity (Wildman–Crippen MR) is 90.4 cm³/mol. The van der Waals surface area contributed by atoms with Crippen molar-refractivity contribution < 1.29 is 22.8 Å². The molecule has 0 aliphatic carbocycles. The number of urea groups is 1. The summed E-state index contributed by atoms with van der Waals surface area (Å²) >= 11 is 1.43. The van der Waals surface area contributed by atoms with E-state index < -0.39 is 35.0 Å². The van der Waals surface area contributed by atoms with Crippen molar-refractivity contribution in [3.63, 3.8) is 0 Å². The lowest BCUT2D eigenvalue weighted by molar-refractivity contribution is 0.0957. The van der Waals surface area contributed by atoms with Crippen LogP contribution in [0.5, 0.6) is 0 Å². The van der Waals surface area contributed by atoms with Gasteiger partial charge in [0.2, 0.25) is 0 Å². The number of hydrogen-bond acceptors (Lipinski definition) is 3. The number of rotatable bonds is 4. The maximum Gasteiger partial charge on any atom is 0.328 e. The van der Waals surface area contributed by atoms with Crippen LogP contribution in [0, 0.1) is 17.5 Å². The van der Waals surface area contributed by atoms with E-state index >= 15 is 0 Å². The van der Waals surface area contributed by atoms with Crippen LogP contribution >= 0.6 is 11.8 Å². The highest BCUT2D eigenvalue weighted by atomic mass is 32.2. The number of halogens is 3. The molecule has 0 spiro atoms. The molecule has 2 aromatic carbocycles. The van der Waals surface area contributed by atoms with Crippen LogP contribution in [-0.4, -0.2) is 24.7 Å². The minimum atomic E-state index is -1.24. The monoisotopic (exact) mass is 368 g/mol. The number of nitrogens with one attached hydrogen (secondary N) is 1. The predicted octanol–water partition coefficient (Wildman–Crippen LogP) is 4.20. The van der Waals surface area contributed by atoms with Gasteiger partial charge in [-0.25, -0.2) is 18.0 Å². The number of imide groups is 1. The summed E-state index contributed by atoms with van der Waals surface area (Å²) in [5.41, 5.74) is -0.945. The van der Waals surface area contributed by atoms with Gasteiger partial charge in [-0.1, -0.05) is 13.0 Å². The lowest BCUT2D eigenvalue weighted by Crippen LogP contribution is -2.41. The molecule has 1 N–H and O–H groups in total. The molecule has 4 nitrogen and oxygen atoms in total. The lowest BCUT2D eigenvalue weighted by atomic mass is 10.2. The maximum atomic E-state index is 14.1. The molecule has 0 unspecified atom stereocenters. The maximum absolute atomic E-state index is 14.1. The number of hydrogen-bond donors (Lipinski definition) is 1. The van der Waals surface area contributed by atoms with E-state index in [9.17, 15) is 22.8 Å². The number of anilines is 1. The fourth-order valence-corrected chi connectivity index (χ4v) is 2.77. The highest BCUT2D eigenvalue weighted by molar-refractivity contribution is 7.99. The molecule has 132 valence electrons. The fourth-order valence-electron chi connectivity index (χ4n) is 2.08. The molecule has 0 aliphatic rings. The number of amides is 3. The van der Waals surface area contributed by atoms with Gasteiger partial charge < -0.3 is 0 Å². The van der Waals surface area contributed by atoms with E-state index in [0.717, 1.165) is 28.9 Å². The Morgan fingerprint density at radius 2 is 1.72 bits per heavy atom. The average molecular weight is 368 g/mol. The number of nitrogens with zero attached hydrogens (tertiary/aromatic N) is 1. The van der Waals surface area contributed by atoms with E-state index in [-0.39, 0.29) is 5.69 Å². The van der Waals surface area contributed by atoms with Gasteiger partial charge in [-0.2, -0.15) is 0 Å². The van der Waals surface area contributed by atoms with E-state index in [2.05, 4.69) is 0 Å². The van der Waals surface area contributed by atoms with Gasteiger partial charge in [-0.05, 0) is 36.1 Å². The standard InChI is InChI=1S/C17H15F3N2O2S/c1-3-25-10-7-8-14(13(20)9-10)22(2)17(24)21-16(23)15-11(18)5-4-6-12(15)19/h4-9H,3H2,1-2H3,(H,21,23,24). The van der Waals surface area contributed by atoms with E-state index in [0.29, 0.717) is 4.90 Å². The Hall–Kier alpha value is -2.48. The van der Waals surface area contributed by atoms with Crippen molar-refractivity contribution in [2.24, 2.45) is 0 Å². The first-order valence-electron chi connectivity index (χ1n) is 7.30. The number of thioether (sulfide) groups is 1. The quantitative estimate of drug-likeness (QED) is 0.823. The van der Waals surface area contributed by atoms with Crippen molar-refractivity contribution in [1.82, 2.24) is 5.32 Å². The first kappa shape index (κ1) is 18.9. The van der Waals surface area contributed by atoms with E-state index in [1.54, 1.807) is 6.07 Å². The molecule has 0 radical (unpaired) electrons. The molecule has 2 aromatic rings. The van der Waals surface area contributed by atoms with Gasteiger partial charge in [0.25, 0.3) is 5.91 Å². The van der Waals surface area contributed by atoms with E-state index in [1.165, 1.54) is 30.9 Å². The average Bonchev–Trinajstić information content (AvgIpc) is 2.54. The number of carbonyl (C=O) groups is 2. The summed E-state index contributed by atoms with van der Waals surface area (Å²) < 4.78 is 41.3. The molecular formula is C17H15F3N2O2S. The van der Waals surface area contributed by atoms with Crippen LogP contribution in [0.15, 0.2) is 41.3 Å². The highest BCUT2D eigenvalue weighted by Gasteiger charge is 2.22. The van der Waals surface area contributed by atoms with Crippen molar-refractivity contribution in [3.8, 4) is 0 Å². The SMILES string of the molecule is CCSc1ccc(N(C)C(=O)NC(=O)c2c(F)cccc2F)c(F)c1. The second-order valence-corrected chi connectivity index (χ2v) is 6.30. The Bertz CT molecular complexity index is 794.